The quantitative estimate of drug-likeness (QED) is 0.223. The van der Waals surface area contributed by atoms with Gasteiger partial charge in [0.05, 0.1) is 39.6 Å². The molecule has 0 aliphatic carbocycles. The number of aliphatic hydroxyl groups is 2. The Morgan fingerprint density at radius 3 is 2.03 bits per heavy atom. The third-order valence-electron chi connectivity index (χ3n) is 4.90. The van der Waals surface area contributed by atoms with Crippen LogP contribution in [0, 0.1) is 0 Å². The maximum Gasteiger partial charge on any atom is 0.305 e. The number of benzene rings is 2. The van der Waals surface area contributed by atoms with E-state index in [2.05, 4.69) is 4.74 Å². The van der Waals surface area contributed by atoms with Gasteiger partial charge in [-0.15, -0.1) is 0 Å². The number of hydrogen-bond donors (Lipinski definition) is 2. The second kappa shape index (κ2) is 15.5. The SMILES string of the molecule is COC(=O)CCCOC(OC(CO)[C@H](C)OCc1ccccc1)[C@@H](O)OCc1ccccc1. The third-order valence-corrected chi connectivity index (χ3v) is 4.90. The van der Waals surface area contributed by atoms with Crippen LogP contribution < -0.4 is 0 Å². The van der Waals surface area contributed by atoms with Crippen LogP contribution in [0.4, 0.5) is 0 Å². The van der Waals surface area contributed by atoms with Gasteiger partial charge in [0.2, 0.25) is 12.6 Å². The maximum absolute atomic E-state index is 11.3. The molecule has 0 saturated heterocycles. The van der Waals surface area contributed by atoms with E-state index in [9.17, 15) is 15.0 Å². The van der Waals surface area contributed by atoms with Gasteiger partial charge in [0.1, 0.15) is 6.10 Å². The first-order valence-electron chi connectivity index (χ1n) is 11.0. The monoisotopic (exact) mass is 462 g/mol. The number of esters is 1. The molecule has 2 aromatic rings. The summed E-state index contributed by atoms with van der Waals surface area (Å²) in [5.41, 5.74) is 1.86. The van der Waals surface area contributed by atoms with Crippen LogP contribution in [0.15, 0.2) is 60.7 Å². The molecule has 2 unspecified atom stereocenters. The fraction of sp³-hybridized carbons (Fsp3) is 0.480. The number of ether oxygens (including phenoxy) is 5. The molecule has 0 aliphatic rings. The van der Waals surface area contributed by atoms with Crippen molar-refractivity contribution in [2.45, 2.75) is 57.8 Å². The zero-order chi connectivity index (χ0) is 23.9. The van der Waals surface area contributed by atoms with Crippen molar-refractivity contribution in [3.63, 3.8) is 0 Å². The van der Waals surface area contributed by atoms with E-state index in [1.165, 1.54) is 7.11 Å². The molecule has 0 bridgehead atoms. The number of rotatable bonds is 16. The van der Waals surface area contributed by atoms with E-state index >= 15 is 0 Å². The largest absolute Gasteiger partial charge is 0.469 e. The van der Waals surface area contributed by atoms with Gasteiger partial charge >= 0.3 is 5.97 Å². The first-order valence-corrected chi connectivity index (χ1v) is 11.0. The van der Waals surface area contributed by atoms with Crippen LogP contribution in [0.5, 0.6) is 0 Å². The summed E-state index contributed by atoms with van der Waals surface area (Å²) >= 11 is 0. The summed E-state index contributed by atoms with van der Waals surface area (Å²) in [6, 6.07) is 19.0. The molecular formula is C25H34O8. The van der Waals surface area contributed by atoms with Gasteiger partial charge in [-0.1, -0.05) is 60.7 Å². The van der Waals surface area contributed by atoms with E-state index in [1.807, 2.05) is 60.7 Å². The Morgan fingerprint density at radius 1 is 0.909 bits per heavy atom. The van der Waals surface area contributed by atoms with E-state index in [1.54, 1.807) is 6.92 Å². The van der Waals surface area contributed by atoms with Crippen LogP contribution in [0.1, 0.15) is 30.9 Å². The molecule has 4 atom stereocenters. The normalized spacial score (nSPS) is 14.9. The number of aliphatic hydroxyl groups excluding tert-OH is 2. The molecule has 0 saturated carbocycles. The fourth-order valence-corrected chi connectivity index (χ4v) is 2.92. The van der Waals surface area contributed by atoms with Crippen molar-refractivity contribution in [3.05, 3.63) is 71.8 Å². The number of hydrogen-bond acceptors (Lipinski definition) is 8. The van der Waals surface area contributed by atoms with E-state index in [-0.39, 0.29) is 32.2 Å². The molecule has 0 aromatic heterocycles. The highest BCUT2D eigenvalue weighted by Crippen LogP contribution is 2.15. The Hall–Kier alpha value is -2.33. The van der Waals surface area contributed by atoms with Gasteiger partial charge in [-0.3, -0.25) is 4.79 Å². The molecule has 2 rings (SSSR count). The Kier molecular flexibility index (Phi) is 12.6. The second-order valence-electron chi connectivity index (χ2n) is 7.46. The molecule has 8 nitrogen and oxygen atoms in total. The molecule has 33 heavy (non-hydrogen) atoms. The molecule has 0 fully saturated rings. The summed E-state index contributed by atoms with van der Waals surface area (Å²) < 4.78 is 27.5. The van der Waals surface area contributed by atoms with Crippen molar-refractivity contribution >= 4 is 5.97 Å². The molecular weight excluding hydrogens is 428 g/mol. The van der Waals surface area contributed by atoms with Crippen LogP contribution in [-0.4, -0.2) is 61.3 Å². The topological polar surface area (TPSA) is 104 Å². The Bertz CT molecular complexity index is 770. The van der Waals surface area contributed by atoms with Gasteiger partial charge in [-0.2, -0.15) is 0 Å². The third kappa shape index (κ3) is 10.4. The lowest BCUT2D eigenvalue weighted by atomic mass is 10.2. The van der Waals surface area contributed by atoms with Crippen LogP contribution >= 0.6 is 0 Å². The highest BCUT2D eigenvalue weighted by atomic mass is 16.7. The Morgan fingerprint density at radius 2 is 1.48 bits per heavy atom. The standard InChI is InChI=1S/C25H34O8/c1-19(31-17-20-10-5-3-6-11-20)22(16-26)33-25(30-15-9-14-23(27)29-2)24(28)32-18-21-12-7-4-8-13-21/h3-8,10-13,19,22,24-26,28H,9,14-18H2,1-2H3/t19-,22?,24-,25?/m0/s1. The van der Waals surface area contributed by atoms with Gasteiger partial charge in [0.15, 0.2) is 0 Å². The minimum absolute atomic E-state index is 0.128. The number of methoxy groups -OCH3 is 1. The molecule has 0 aliphatic heterocycles. The Labute approximate surface area is 195 Å². The van der Waals surface area contributed by atoms with Gasteiger partial charge < -0.3 is 33.9 Å². The molecule has 0 radical (unpaired) electrons. The van der Waals surface area contributed by atoms with E-state index < -0.39 is 24.8 Å². The Balaban J connectivity index is 1.93. The second-order valence-corrected chi connectivity index (χ2v) is 7.46. The highest BCUT2D eigenvalue weighted by Gasteiger charge is 2.29. The van der Waals surface area contributed by atoms with Crippen molar-refractivity contribution in [3.8, 4) is 0 Å². The van der Waals surface area contributed by atoms with E-state index in [0.717, 1.165) is 11.1 Å². The molecule has 0 amide bonds. The molecule has 0 heterocycles. The summed E-state index contributed by atoms with van der Waals surface area (Å²) in [6.07, 6.45) is -3.32. The van der Waals surface area contributed by atoms with Crippen LogP contribution in [0.2, 0.25) is 0 Å². The predicted octanol–water partition coefficient (Wildman–Crippen LogP) is 2.80. The predicted molar refractivity (Wildman–Crippen MR) is 121 cm³/mol. The number of carbonyl (C=O) groups is 1. The summed E-state index contributed by atoms with van der Waals surface area (Å²) in [4.78, 5) is 11.3. The minimum atomic E-state index is -1.42. The summed E-state index contributed by atoms with van der Waals surface area (Å²) in [7, 11) is 1.32. The molecule has 8 heteroatoms. The first-order chi connectivity index (χ1) is 16.0. The van der Waals surface area contributed by atoms with Crippen molar-refractivity contribution in [2.24, 2.45) is 0 Å². The van der Waals surface area contributed by atoms with E-state index in [4.69, 9.17) is 18.9 Å². The minimum Gasteiger partial charge on any atom is -0.469 e. The van der Waals surface area contributed by atoms with Gasteiger partial charge in [0.25, 0.3) is 0 Å². The van der Waals surface area contributed by atoms with Crippen molar-refractivity contribution in [2.75, 3.05) is 20.3 Å². The lowest BCUT2D eigenvalue weighted by molar-refractivity contribution is -0.298. The zero-order valence-electron chi connectivity index (χ0n) is 19.2. The molecule has 2 aromatic carbocycles. The first kappa shape index (κ1) is 26.9. The maximum atomic E-state index is 11.3. The average molecular weight is 463 g/mol. The fourth-order valence-electron chi connectivity index (χ4n) is 2.92. The van der Waals surface area contributed by atoms with Crippen LogP contribution in [0.25, 0.3) is 0 Å². The van der Waals surface area contributed by atoms with Crippen LogP contribution in [0.3, 0.4) is 0 Å². The van der Waals surface area contributed by atoms with Gasteiger partial charge in [0, 0.05) is 6.42 Å². The van der Waals surface area contributed by atoms with Crippen LogP contribution in [-0.2, 0) is 41.7 Å². The van der Waals surface area contributed by atoms with Crippen molar-refractivity contribution < 1.29 is 38.7 Å². The zero-order valence-corrected chi connectivity index (χ0v) is 19.2. The smallest absolute Gasteiger partial charge is 0.305 e. The highest BCUT2D eigenvalue weighted by molar-refractivity contribution is 5.68. The molecule has 2 N–H and O–H groups in total. The van der Waals surface area contributed by atoms with Gasteiger partial charge in [-0.05, 0) is 24.5 Å². The summed E-state index contributed by atoms with van der Waals surface area (Å²) in [6.45, 7) is 2.05. The lowest BCUT2D eigenvalue weighted by Crippen LogP contribution is -2.42. The molecule has 182 valence electrons. The van der Waals surface area contributed by atoms with E-state index in [0.29, 0.717) is 13.0 Å². The molecule has 0 spiro atoms. The van der Waals surface area contributed by atoms with Crippen molar-refractivity contribution in [1.29, 1.82) is 0 Å². The lowest BCUT2D eigenvalue weighted by Gasteiger charge is -2.30. The van der Waals surface area contributed by atoms with Gasteiger partial charge in [-0.25, -0.2) is 0 Å². The number of carbonyl (C=O) groups excluding carboxylic acids is 1. The van der Waals surface area contributed by atoms with Crippen molar-refractivity contribution in [1.82, 2.24) is 0 Å². The average Bonchev–Trinajstić information content (AvgIpc) is 2.86. The summed E-state index contributed by atoms with van der Waals surface area (Å²) in [5.74, 6) is -0.354. The summed E-state index contributed by atoms with van der Waals surface area (Å²) in [5, 5.41) is 20.4.